The number of alkyl halides is 3. The van der Waals surface area contributed by atoms with Crippen LogP contribution >= 0.6 is 0 Å². The Bertz CT molecular complexity index is 1760. The lowest BCUT2D eigenvalue weighted by molar-refractivity contribution is -0.170. The highest BCUT2D eigenvalue weighted by molar-refractivity contribution is 6.25. The zero-order valence-corrected chi connectivity index (χ0v) is 29.2. The lowest BCUT2D eigenvalue weighted by Gasteiger charge is -2.50. The number of nitrogens with two attached hydrogens (primary N) is 1. The zero-order valence-electron chi connectivity index (χ0n) is 29.2. The van der Waals surface area contributed by atoms with E-state index >= 15 is 0 Å². The van der Waals surface area contributed by atoms with E-state index in [0.29, 0.717) is 10.6 Å². The van der Waals surface area contributed by atoms with Gasteiger partial charge in [-0.05, 0) is 58.3 Å². The average Bonchev–Trinajstić information content (AvgIpc) is 3.00. The number of rotatable bonds is 10. The first-order valence-corrected chi connectivity index (χ1v) is 15.9. The third kappa shape index (κ3) is 7.11. The SMILES string of the molecule is CN(C)c1cc(CN(CCC(F)(F)F)C(=O)OCOC(=O)C(C)(C)O)c(O)c2c1C[C@H]1C[C@H]3[C@H](N(C)C)C(O)=C(C(N)=O)C(=O)[C@@]3(O)C(O)=C1C2=O. The van der Waals surface area contributed by atoms with E-state index in [9.17, 15) is 62.7 Å². The number of likely N-dealkylation sites (N-methyl/N-ethyl adjacent to an activating group) is 1. The molecule has 0 heterocycles. The number of carbonyl (C=O) groups is 5. The molecule has 0 spiro atoms. The van der Waals surface area contributed by atoms with Gasteiger partial charge in [-0.15, -0.1) is 0 Å². The van der Waals surface area contributed by atoms with Crippen LogP contribution in [0.3, 0.4) is 0 Å². The quantitative estimate of drug-likeness (QED) is 0.113. The number of anilines is 1. The summed E-state index contributed by atoms with van der Waals surface area (Å²) in [6.45, 7) is -0.654. The third-order valence-electron chi connectivity index (χ3n) is 9.42. The zero-order chi connectivity index (χ0) is 39.4. The van der Waals surface area contributed by atoms with Crippen LogP contribution in [0.15, 0.2) is 28.7 Å². The van der Waals surface area contributed by atoms with Crippen LogP contribution in [0.5, 0.6) is 5.75 Å². The Balaban J connectivity index is 1.81. The number of aliphatic hydroxyl groups excluding tert-OH is 2. The summed E-state index contributed by atoms with van der Waals surface area (Å²) in [4.78, 5) is 68.4. The van der Waals surface area contributed by atoms with Gasteiger partial charge in [-0.2, -0.15) is 13.2 Å². The molecule has 0 aromatic heterocycles. The maximum absolute atomic E-state index is 14.3. The molecule has 3 aliphatic rings. The van der Waals surface area contributed by atoms with Crippen molar-refractivity contribution < 1.29 is 72.2 Å². The number of esters is 1. The number of carbonyl (C=O) groups excluding carboxylic acids is 5. The van der Waals surface area contributed by atoms with Gasteiger partial charge in [0.05, 0.1) is 24.6 Å². The number of aromatic hydroxyl groups is 1. The number of fused-ring (bicyclic) bond motifs is 3. The van der Waals surface area contributed by atoms with Crippen LogP contribution in [-0.2, 0) is 36.8 Å². The van der Waals surface area contributed by atoms with Gasteiger partial charge in [-0.3, -0.25) is 19.3 Å². The predicted molar refractivity (Wildman–Crippen MR) is 173 cm³/mol. The third-order valence-corrected chi connectivity index (χ3v) is 9.42. The molecule has 19 heteroatoms. The van der Waals surface area contributed by atoms with E-state index in [4.69, 9.17) is 10.5 Å². The number of benzene rings is 1. The van der Waals surface area contributed by atoms with E-state index < -0.39 is 125 Å². The van der Waals surface area contributed by atoms with Crippen LogP contribution in [-0.4, -0.2) is 130 Å². The van der Waals surface area contributed by atoms with Crippen LogP contribution in [0.1, 0.15) is 48.2 Å². The minimum Gasteiger partial charge on any atom is -0.510 e. The number of halogens is 3. The molecule has 0 radical (unpaired) electrons. The van der Waals surface area contributed by atoms with Gasteiger partial charge < -0.3 is 50.5 Å². The Morgan fingerprint density at radius 2 is 1.67 bits per heavy atom. The average molecular weight is 743 g/mol. The molecule has 16 nitrogen and oxygen atoms in total. The number of primary amides is 1. The molecule has 0 saturated heterocycles. The molecule has 0 unspecified atom stereocenters. The molecule has 0 aliphatic heterocycles. The number of Topliss-reactive ketones (excluding diaryl/α,β-unsaturated/α-hetero) is 2. The number of nitrogens with zero attached hydrogens (tertiary/aromatic N) is 3. The summed E-state index contributed by atoms with van der Waals surface area (Å²) in [6, 6.07) is 0.147. The lowest BCUT2D eigenvalue weighted by Crippen LogP contribution is -2.63. The fraction of sp³-hybridized carbons (Fsp3) is 0.545. The maximum Gasteiger partial charge on any atom is 0.412 e. The Hall–Kier alpha value is -4.88. The van der Waals surface area contributed by atoms with Crippen molar-refractivity contribution in [2.24, 2.45) is 17.6 Å². The lowest BCUT2D eigenvalue weighted by atomic mass is 9.58. The fourth-order valence-corrected chi connectivity index (χ4v) is 6.98. The Labute approximate surface area is 295 Å². The van der Waals surface area contributed by atoms with E-state index in [1.165, 1.54) is 30.0 Å². The molecule has 3 aliphatic carbocycles. The second-order valence-electron chi connectivity index (χ2n) is 13.9. The monoisotopic (exact) mass is 742 g/mol. The summed E-state index contributed by atoms with van der Waals surface area (Å²) in [6.07, 6.45) is -7.90. The predicted octanol–water partition coefficient (Wildman–Crippen LogP) is 1.35. The summed E-state index contributed by atoms with van der Waals surface area (Å²) in [5, 5.41) is 55.6. The number of phenolic OH excluding ortho intramolecular Hbond substituents is 1. The van der Waals surface area contributed by atoms with Crippen LogP contribution in [0, 0.1) is 11.8 Å². The molecule has 4 atom stereocenters. The van der Waals surface area contributed by atoms with E-state index in [1.807, 2.05) is 0 Å². The van der Waals surface area contributed by atoms with Gasteiger partial charge >= 0.3 is 18.2 Å². The summed E-state index contributed by atoms with van der Waals surface area (Å²) in [5.74, 6) is -9.82. The summed E-state index contributed by atoms with van der Waals surface area (Å²) >= 11 is 0. The minimum atomic E-state index is -4.74. The molecule has 2 amide bonds. The molecule has 0 saturated carbocycles. The number of amides is 2. The van der Waals surface area contributed by atoms with Gasteiger partial charge in [0.25, 0.3) is 5.91 Å². The number of allylic oxidation sites excluding steroid dienone is 1. The molecular formula is C33H41F3N4O12. The first-order chi connectivity index (χ1) is 23.8. The van der Waals surface area contributed by atoms with Crippen molar-refractivity contribution in [3.63, 3.8) is 0 Å². The molecule has 1 aromatic rings. The van der Waals surface area contributed by atoms with Gasteiger partial charge in [-0.25, -0.2) is 9.59 Å². The van der Waals surface area contributed by atoms with E-state index in [1.54, 1.807) is 14.1 Å². The highest BCUT2D eigenvalue weighted by Gasteiger charge is 2.63. The normalized spacial score (nSPS) is 23.2. The largest absolute Gasteiger partial charge is 0.510 e. The first-order valence-electron chi connectivity index (χ1n) is 15.9. The van der Waals surface area contributed by atoms with Crippen molar-refractivity contribution in [3.8, 4) is 5.75 Å². The van der Waals surface area contributed by atoms with Crippen molar-refractivity contribution in [2.75, 3.05) is 46.4 Å². The van der Waals surface area contributed by atoms with Crippen molar-refractivity contribution >= 4 is 35.2 Å². The standard InChI is InChI=1S/C33H41F3N4O12/c1-31(2,49)29(47)51-13-52-30(48)40(8-7-32(34,35)36)12-15-11-18(38(3)4)16-9-14-10-17-22(39(5)6)25(43)21(28(37)46)27(45)33(17,50)26(44)19(14)24(42)20(16)23(15)41/h11,14,17,22,41,43-44,49-50H,7-10,12-13H2,1-6H3,(H2,37,46)/t14-,17-,22-,33-/m0/s1. The Morgan fingerprint density at radius 3 is 2.19 bits per heavy atom. The molecule has 0 bridgehead atoms. The number of hydrogen-bond donors (Lipinski definition) is 6. The second-order valence-corrected chi connectivity index (χ2v) is 13.9. The van der Waals surface area contributed by atoms with Gasteiger partial charge in [0, 0.05) is 43.4 Å². The number of aliphatic hydroxyl groups is 4. The summed E-state index contributed by atoms with van der Waals surface area (Å²) in [5.41, 5.74) is -1.06. The molecule has 7 N–H and O–H groups in total. The van der Waals surface area contributed by atoms with Gasteiger partial charge in [0.2, 0.25) is 12.6 Å². The van der Waals surface area contributed by atoms with Crippen molar-refractivity contribution in [2.45, 2.75) is 63.1 Å². The van der Waals surface area contributed by atoms with Crippen LogP contribution in [0.25, 0.3) is 0 Å². The number of hydrogen-bond acceptors (Lipinski definition) is 14. The second kappa shape index (κ2) is 13.9. The van der Waals surface area contributed by atoms with Gasteiger partial charge in [0.15, 0.2) is 17.0 Å². The minimum absolute atomic E-state index is 0.0672. The molecule has 1 aromatic carbocycles. The first kappa shape index (κ1) is 39.9. The van der Waals surface area contributed by atoms with Crippen LogP contribution < -0.4 is 10.6 Å². The smallest absolute Gasteiger partial charge is 0.412 e. The number of phenols is 1. The number of ketones is 2. The van der Waals surface area contributed by atoms with Crippen LogP contribution in [0.2, 0.25) is 0 Å². The summed E-state index contributed by atoms with van der Waals surface area (Å²) < 4.78 is 49.3. The van der Waals surface area contributed by atoms with Crippen molar-refractivity contribution in [1.82, 2.24) is 9.80 Å². The molecule has 286 valence electrons. The highest BCUT2D eigenvalue weighted by atomic mass is 19.4. The summed E-state index contributed by atoms with van der Waals surface area (Å²) in [7, 11) is 6.14. The topological polar surface area (TPSA) is 241 Å². The van der Waals surface area contributed by atoms with Gasteiger partial charge in [-0.1, -0.05) is 0 Å². The molecule has 4 rings (SSSR count). The van der Waals surface area contributed by atoms with E-state index in [0.717, 1.165) is 13.8 Å². The maximum atomic E-state index is 14.3. The molecular weight excluding hydrogens is 701 g/mol. The van der Waals surface area contributed by atoms with E-state index in [2.05, 4.69) is 4.74 Å². The Morgan fingerprint density at radius 1 is 1.06 bits per heavy atom. The molecule has 0 fully saturated rings. The fourth-order valence-electron chi connectivity index (χ4n) is 6.98. The highest BCUT2D eigenvalue weighted by Crippen LogP contribution is 2.53. The van der Waals surface area contributed by atoms with Crippen molar-refractivity contribution in [3.05, 3.63) is 45.4 Å². The number of ether oxygens (including phenoxy) is 2. The Kier molecular flexibility index (Phi) is 10.7. The van der Waals surface area contributed by atoms with Crippen molar-refractivity contribution in [1.29, 1.82) is 0 Å². The van der Waals surface area contributed by atoms with Crippen LogP contribution in [0.4, 0.5) is 23.7 Å². The molecule has 52 heavy (non-hydrogen) atoms. The van der Waals surface area contributed by atoms with E-state index in [-0.39, 0.29) is 24.0 Å². The van der Waals surface area contributed by atoms with Gasteiger partial charge in [0.1, 0.15) is 22.8 Å².